The maximum atomic E-state index is 10.6. The van der Waals surface area contributed by atoms with Crippen molar-refractivity contribution < 1.29 is 19.4 Å². The Morgan fingerprint density at radius 1 is 1.38 bits per heavy atom. The van der Waals surface area contributed by atoms with Gasteiger partial charge in [-0.1, -0.05) is 30.1 Å². The highest BCUT2D eigenvalue weighted by Crippen LogP contribution is 2.27. The third kappa shape index (κ3) is 6.56. The maximum Gasteiger partial charge on any atom is 0.328 e. The normalized spacial score (nSPS) is 11.7. The highest BCUT2D eigenvalue weighted by Gasteiger charge is 2.06. The van der Waals surface area contributed by atoms with Crippen LogP contribution in [0.2, 0.25) is 0 Å². The number of aliphatic carboxylic acids is 1. The molecule has 1 aromatic rings. The monoisotopic (exact) mass is 330 g/mol. The van der Waals surface area contributed by atoms with Gasteiger partial charge in [-0.25, -0.2) is 4.79 Å². The predicted octanol–water partition coefficient (Wildman–Crippen LogP) is 4.27. The first-order valence-corrected chi connectivity index (χ1v) is 7.13. The van der Waals surface area contributed by atoms with Crippen LogP contribution in [-0.2, 0) is 4.79 Å². The number of ether oxygens (including phenoxy) is 2. The molecular weight excluding hydrogens is 315 g/mol. The Kier molecular flexibility index (Phi) is 7.72. The Hall–Kier alpha value is -1.65. The molecule has 0 aliphatic carbocycles. The summed E-state index contributed by atoms with van der Waals surface area (Å²) in [5.74, 6) is 0.0778. The number of rotatable bonds is 8. The van der Waals surface area contributed by atoms with Crippen LogP contribution in [0.15, 0.2) is 34.8 Å². The molecular formula is C15H16Cl2O4. The summed E-state index contributed by atoms with van der Waals surface area (Å²) in [5.41, 5.74) is 1.83. The van der Waals surface area contributed by atoms with E-state index in [4.69, 9.17) is 37.8 Å². The number of carboxylic acid groups (broad SMARTS) is 1. The largest absolute Gasteiger partial charge is 0.493 e. The Bertz CT molecular complexity index is 538. The lowest BCUT2D eigenvalue weighted by atomic mass is 10.1. The fourth-order valence-corrected chi connectivity index (χ4v) is 1.54. The van der Waals surface area contributed by atoms with Gasteiger partial charge in [-0.2, -0.15) is 0 Å². The van der Waals surface area contributed by atoms with Crippen LogP contribution in [0.25, 0.3) is 6.08 Å². The van der Waals surface area contributed by atoms with Crippen LogP contribution in [0.5, 0.6) is 11.5 Å². The van der Waals surface area contributed by atoms with Gasteiger partial charge in [0.1, 0.15) is 18.1 Å². The zero-order valence-electron chi connectivity index (χ0n) is 11.5. The summed E-state index contributed by atoms with van der Waals surface area (Å²) in [4.78, 5) is 10.6. The first-order chi connectivity index (χ1) is 10.1. The van der Waals surface area contributed by atoms with Crippen LogP contribution >= 0.6 is 23.2 Å². The Morgan fingerprint density at radius 2 is 2.14 bits per heavy atom. The Balaban J connectivity index is 2.96. The molecule has 6 heteroatoms. The van der Waals surface area contributed by atoms with Crippen LogP contribution in [0.3, 0.4) is 0 Å². The van der Waals surface area contributed by atoms with Crippen molar-refractivity contribution >= 4 is 35.2 Å². The predicted molar refractivity (Wildman–Crippen MR) is 84.2 cm³/mol. The van der Waals surface area contributed by atoms with Crippen LogP contribution in [-0.4, -0.2) is 24.3 Å². The number of carbonyl (C=O) groups is 1. The molecule has 0 atom stereocenters. The second-order valence-electron chi connectivity index (χ2n) is 4.06. The summed E-state index contributed by atoms with van der Waals surface area (Å²) in [5, 5.41) is 9.03. The van der Waals surface area contributed by atoms with E-state index in [1.54, 1.807) is 18.2 Å². The number of hydrogen-bond donors (Lipinski definition) is 1. The van der Waals surface area contributed by atoms with Crippen LogP contribution in [0.4, 0.5) is 0 Å². The highest BCUT2D eigenvalue weighted by molar-refractivity contribution is 6.36. The molecule has 0 amide bonds. The lowest BCUT2D eigenvalue weighted by Gasteiger charge is -2.11. The average Bonchev–Trinajstić information content (AvgIpc) is 2.49. The van der Waals surface area contributed by atoms with Crippen LogP contribution in [0, 0.1) is 0 Å². The van der Waals surface area contributed by atoms with Crippen molar-refractivity contribution in [1.29, 1.82) is 0 Å². The zero-order valence-corrected chi connectivity index (χ0v) is 13.0. The van der Waals surface area contributed by atoms with Crippen molar-refractivity contribution in [2.24, 2.45) is 0 Å². The third-order valence-electron chi connectivity index (χ3n) is 2.35. The zero-order chi connectivity index (χ0) is 15.7. The van der Waals surface area contributed by atoms with Gasteiger partial charge in [-0.05, 0) is 24.6 Å². The fraction of sp³-hybridized carbons (Fsp3) is 0.267. The van der Waals surface area contributed by atoms with Crippen molar-refractivity contribution in [3.05, 3.63) is 40.4 Å². The van der Waals surface area contributed by atoms with Gasteiger partial charge in [-0.3, -0.25) is 0 Å². The molecule has 0 heterocycles. The summed E-state index contributed by atoms with van der Waals surface area (Å²) < 4.78 is 11.0. The van der Waals surface area contributed by atoms with Gasteiger partial charge >= 0.3 is 5.97 Å². The van der Waals surface area contributed by atoms with E-state index in [9.17, 15) is 4.79 Å². The van der Waals surface area contributed by atoms with E-state index in [0.717, 1.165) is 12.5 Å². The van der Waals surface area contributed by atoms with Gasteiger partial charge in [0, 0.05) is 23.2 Å². The molecule has 4 nitrogen and oxygen atoms in total. The maximum absolute atomic E-state index is 10.6. The van der Waals surface area contributed by atoms with Crippen molar-refractivity contribution in [3.63, 3.8) is 0 Å². The van der Waals surface area contributed by atoms with Crippen molar-refractivity contribution in [1.82, 2.24) is 0 Å². The van der Waals surface area contributed by atoms with E-state index < -0.39 is 5.97 Å². The lowest BCUT2D eigenvalue weighted by molar-refractivity contribution is -0.131. The smallest absolute Gasteiger partial charge is 0.328 e. The van der Waals surface area contributed by atoms with Crippen LogP contribution in [0.1, 0.15) is 18.9 Å². The molecule has 1 rings (SSSR count). The molecule has 114 valence electrons. The Morgan fingerprint density at radius 3 is 2.76 bits per heavy atom. The molecule has 0 saturated heterocycles. The molecule has 0 aliphatic heterocycles. The molecule has 21 heavy (non-hydrogen) atoms. The fourth-order valence-electron chi connectivity index (χ4n) is 1.43. The first kappa shape index (κ1) is 17.4. The highest BCUT2D eigenvalue weighted by atomic mass is 35.5. The molecule has 1 aromatic carbocycles. The molecule has 0 spiro atoms. The molecule has 0 aliphatic rings. The minimum absolute atomic E-state index is 0.0935. The van der Waals surface area contributed by atoms with Gasteiger partial charge < -0.3 is 14.6 Å². The van der Waals surface area contributed by atoms with E-state index in [0.29, 0.717) is 28.7 Å². The van der Waals surface area contributed by atoms with Gasteiger partial charge in [-0.15, -0.1) is 0 Å². The minimum atomic E-state index is -1.04. The van der Waals surface area contributed by atoms with E-state index in [1.165, 1.54) is 11.6 Å². The quantitative estimate of drug-likeness (QED) is 0.723. The molecule has 0 unspecified atom stereocenters. The number of benzene rings is 1. The van der Waals surface area contributed by atoms with E-state index in [2.05, 4.69) is 0 Å². The number of hydrogen-bond acceptors (Lipinski definition) is 3. The summed E-state index contributed by atoms with van der Waals surface area (Å²) >= 11 is 11.2. The standard InChI is InChI=1S/C15H16Cl2O4/c1-2-7-20-13-5-3-11(4-6-15(18)19)14(8-13)21-10-12(17)9-16/h3-6,8-9H,2,7,10H2,1H3,(H,18,19). The molecule has 0 aromatic heterocycles. The number of carboxylic acids is 1. The summed E-state index contributed by atoms with van der Waals surface area (Å²) in [6, 6.07) is 5.16. The summed E-state index contributed by atoms with van der Waals surface area (Å²) in [6.45, 7) is 2.69. The molecule has 0 fully saturated rings. The molecule has 1 N–H and O–H groups in total. The summed E-state index contributed by atoms with van der Waals surface area (Å²) in [7, 11) is 0. The summed E-state index contributed by atoms with van der Waals surface area (Å²) in [6.07, 6.45) is 3.37. The van der Waals surface area contributed by atoms with Crippen molar-refractivity contribution in [3.8, 4) is 11.5 Å². The topological polar surface area (TPSA) is 55.8 Å². The van der Waals surface area contributed by atoms with Gasteiger partial charge in [0.25, 0.3) is 0 Å². The molecule has 0 radical (unpaired) electrons. The van der Waals surface area contributed by atoms with E-state index >= 15 is 0 Å². The van der Waals surface area contributed by atoms with Crippen molar-refractivity contribution in [2.45, 2.75) is 13.3 Å². The van der Waals surface area contributed by atoms with E-state index in [-0.39, 0.29) is 6.61 Å². The molecule has 0 saturated carbocycles. The SMILES string of the molecule is CCCOc1ccc(C=CC(=O)O)c(OCC(Cl)=CCl)c1. The van der Waals surface area contributed by atoms with Crippen molar-refractivity contribution in [2.75, 3.05) is 13.2 Å². The van der Waals surface area contributed by atoms with Gasteiger partial charge in [0.15, 0.2) is 0 Å². The van der Waals surface area contributed by atoms with E-state index in [1.807, 2.05) is 6.92 Å². The van der Waals surface area contributed by atoms with Crippen LogP contribution < -0.4 is 9.47 Å². The van der Waals surface area contributed by atoms with Gasteiger partial charge in [0.05, 0.1) is 11.6 Å². The average molecular weight is 331 g/mol. The first-order valence-electron chi connectivity index (χ1n) is 6.32. The lowest BCUT2D eigenvalue weighted by Crippen LogP contribution is -2.01. The second-order valence-corrected chi connectivity index (χ2v) is 4.77. The van der Waals surface area contributed by atoms with Gasteiger partial charge in [0.2, 0.25) is 0 Å². The second kappa shape index (κ2) is 9.32. The minimum Gasteiger partial charge on any atom is -0.493 e. The Labute approximate surface area is 133 Å². The number of halogens is 2. The molecule has 0 bridgehead atoms. The third-order valence-corrected chi connectivity index (χ3v) is 2.94.